The molecule has 0 aromatic heterocycles. The number of hydrogen-bond acceptors (Lipinski definition) is 3. The van der Waals surface area contributed by atoms with Gasteiger partial charge in [-0.3, -0.25) is 4.79 Å². The number of piperidine rings is 1. The second-order valence-corrected chi connectivity index (χ2v) is 6.72. The molecule has 1 saturated heterocycles. The highest BCUT2D eigenvalue weighted by Gasteiger charge is 2.31. The van der Waals surface area contributed by atoms with Crippen LogP contribution in [0.2, 0.25) is 0 Å². The predicted molar refractivity (Wildman–Crippen MR) is 113 cm³/mol. The monoisotopic (exact) mass is 507 g/mol. The van der Waals surface area contributed by atoms with Gasteiger partial charge in [0.1, 0.15) is 13.1 Å². The quantitative estimate of drug-likeness (QED) is 0.230. The van der Waals surface area contributed by atoms with Crippen molar-refractivity contribution in [3.63, 3.8) is 0 Å². The largest absolute Gasteiger partial charge is 0.406 e. The van der Waals surface area contributed by atoms with Gasteiger partial charge in [0.05, 0.1) is 0 Å². The van der Waals surface area contributed by atoms with Crippen molar-refractivity contribution in [3.05, 3.63) is 0 Å². The molecule has 0 spiro atoms. The molecule has 0 aromatic rings. The Morgan fingerprint density at radius 1 is 1.30 bits per heavy atom. The number of nitrogens with one attached hydrogen (secondary N) is 2. The molecule has 0 radical (unpaired) electrons. The minimum absolute atomic E-state index is 0. The van der Waals surface area contributed by atoms with E-state index in [1.165, 1.54) is 19.3 Å². The maximum absolute atomic E-state index is 12.3. The maximum Gasteiger partial charge on any atom is 0.406 e. The molecule has 10 heteroatoms. The summed E-state index contributed by atoms with van der Waals surface area (Å²) in [6.45, 7) is 6.01. The van der Waals surface area contributed by atoms with E-state index < -0.39 is 18.6 Å². The molecule has 1 aliphatic rings. The number of likely N-dealkylation sites (tertiary alicyclic amines) is 1. The van der Waals surface area contributed by atoms with Gasteiger partial charge in [-0.25, -0.2) is 4.99 Å². The number of likely N-dealkylation sites (N-methyl/N-ethyl adjacent to an activating group) is 1. The van der Waals surface area contributed by atoms with E-state index in [0.717, 1.165) is 26.6 Å². The number of carbonyl (C=O) groups is 1. The van der Waals surface area contributed by atoms with Gasteiger partial charge in [0.2, 0.25) is 5.91 Å². The van der Waals surface area contributed by atoms with E-state index in [1.54, 1.807) is 0 Å². The molecule has 27 heavy (non-hydrogen) atoms. The molecule has 1 rings (SSSR count). The minimum atomic E-state index is -4.40. The van der Waals surface area contributed by atoms with E-state index in [-0.39, 0.29) is 30.5 Å². The molecular formula is C17H33F3IN5O. The van der Waals surface area contributed by atoms with Crippen LogP contribution in [-0.2, 0) is 4.79 Å². The number of amides is 1. The number of rotatable bonds is 8. The van der Waals surface area contributed by atoms with Gasteiger partial charge in [0, 0.05) is 32.7 Å². The Kier molecular flexibility index (Phi) is 13.0. The third-order valence-corrected chi connectivity index (χ3v) is 4.41. The van der Waals surface area contributed by atoms with Crippen molar-refractivity contribution in [1.29, 1.82) is 0 Å². The van der Waals surface area contributed by atoms with Crippen LogP contribution in [-0.4, -0.2) is 80.2 Å². The summed E-state index contributed by atoms with van der Waals surface area (Å²) in [4.78, 5) is 19.0. The Morgan fingerprint density at radius 2 is 2.00 bits per heavy atom. The second-order valence-electron chi connectivity index (χ2n) is 6.72. The zero-order valence-corrected chi connectivity index (χ0v) is 18.8. The first-order valence-corrected chi connectivity index (χ1v) is 9.30. The highest BCUT2D eigenvalue weighted by Crippen LogP contribution is 2.16. The van der Waals surface area contributed by atoms with Crippen molar-refractivity contribution in [2.24, 2.45) is 4.99 Å². The first-order valence-electron chi connectivity index (χ1n) is 9.30. The average Bonchev–Trinajstić information content (AvgIpc) is 2.56. The fraction of sp³-hybridized carbons (Fsp3) is 0.882. The first-order chi connectivity index (χ1) is 12.2. The molecule has 1 fully saturated rings. The molecule has 1 unspecified atom stereocenters. The minimum Gasteiger partial charge on any atom is -0.357 e. The van der Waals surface area contributed by atoms with E-state index in [1.807, 2.05) is 6.92 Å². The molecule has 2 N–H and O–H groups in total. The number of halogens is 4. The SMILES string of the molecule is CCNC(=NCC(=O)N(C)CC(F)(F)F)NCCCN1CCCCC1C.I. The fourth-order valence-electron chi connectivity index (χ4n) is 2.94. The predicted octanol–water partition coefficient (Wildman–Crippen LogP) is 2.44. The number of guanidine groups is 1. The van der Waals surface area contributed by atoms with Crippen LogP contribution in [0.1, 0.15) is 39.5 Å². The molecule has 1 aliphatic heterocycles. The summed E-state index contributed by atoms with van der Waals surface area (Å²) in [6, 6.07) is 0.618. The normalized spacial score (nSPS) is 18.6. The van der Waals surface area contributed by atoms with Gasteiger partial charge in [-0.2, -0.15) is 13.2 Å². The van der Waals surface area contributed by atoms with E-state index in [0.29, 0.717) is 30.0 Å². The lowest BCUT2D eigenvalue weighted by Crippen LogP contribution is -2.42. The molecule has 0 saturated carbocycles. The average molecular weight is 507 g/mol. The zero-order chi connectivity index (χ0) is 19.6. The number of carbonyl (C=O) groups excluding carboxylic acids is 1. The lowest BCUT2D eigenvalue weighted by molar-refractivity contribution is -0.157. The second kappa shape index (κ2) is 13.4. The van der Waals surface area contributed by atoms with Crippen molar-refractivity contribution >= 4 is 35.8 Å². The van der Waals surface area contributed by atoms with Crippen LogP contribution in [0.3, 0.4) is 0 Å². The van der Waals surface area contributed by atoms with Crippen LogP contribution >= 0.6 is 24.0 Å². The summed E-state index contributed by atoms with van der Waals surface area (Å²) in [7, 11) is 1.13. The van der Waals surface area contributed by atoms with Gasteiger partial charge in [0.15, 0.2) is 5.96 Å². The Balaban J connectivity index is 0.00000676. The smallest absolute Gasteiger partial charge is 0.357 e. The number of aliphatic imine (C=N–C) groups is 1. The van der Waals surface area contributed by atoms with E-state index in [2.05, 4.69) is 27.4 Å². The van der Waals surface area contributed by atoms with Crippen molar-refractivity contribution in [1.82, 2.24) is 20.4 Å². The molecule has 1 amide bonds. The van der Waals surface area contributed by atoms with Crippen LogP contribution in [0.5, 0.6) is 0 Å². The van der Waals surface area contributed by atoms with E-state index in [4.69, 9.17) is 0 Å². The molecule has 1 heterocycles. The summed E-state index contributed by atoms with van der Waals surface area (Å²) in [5.74, 6) is -0.213. The fourth-order valence-corrected chi connectivity index (χ4v) is 2.94. The van der Waals surface area contributed by atoms with Gasteiger partial charge in [-0.15, -0.1) is 24.0 Å². The molecular weight excluding hydrogens is 474 g/mol. The van der Waals surface area contributed by atoms with Crippen molar-refractivity contribution in [2.75, 3.05) is 46.3 Å². The number of nitrogens with zero attached hydrogens (tertiary/aromatic N) is 3. The van der Waals surface area contributed by atoms with Gasteiger partial charge in [0.25, 0.3) is 0 Å². The van der Waals surface area contributed by atoms with Gasteiger partial charge in [-0.1, -0.05) is 6.42 Å². The summed E-state index contributed by atoms with van der Waals surface area (Å²) < 4.78 is 36.9. The Bertz CT molecular complexity index is 462. The van der Waals surface area contributed by atoms with Gasteiger partial charge in [-0.05, 0) is 39.7 Å². The van der Waals surface area contributed by atoms with Crippen LogP contribution in [0, 0.1) is 0 Å². The molecule has 1 atom stereocenters. The number of hydrogen-bond donors (Lipinski definition) is 2. The maximum atomic E-state index is 12.3. The summed E-state index contributed by atoms with van der Waals surface area (Å²) >= 11 is 0. The summed E-state index contributed by atoms with van der Waals surface area (Å²) in [5, 5.41) is 6.14. The standard InChI is InChI=1S/C17H32F3N5O.HI/c1-4-21-16(23-12-15(26)24(3)13-17(18,19)20)22-9-7-11-25-10-6-5-8-14(25)2;/h14H,4-13H2,1-3H3,(H2,21,22,23);1H. The topological polar surface area (TPSA) is 60.0 Å². The lowest BCUT2D eigenvalue weighted by atomic mass is 10.0. The molecule has 6 nitrogen and oxygen atoms in total. The highest BCUT2D eigenvalue weighted by molar-refractivity contribution is 14.0. The van der Waals surface area contributed by atoms with Crippen molar-refractivity contribution < 1.29 is 18.0 Å². The van der Waals surface area contributed by atoms with Crippen LogP contribution in [0.15, 0.2) is 4.99 Å². The van der Waals surface area contributed by atoms with Gasteiger partial charge < -0.3 is 20.4 Å². The third-order valence-electron chi connectivity index (χ3n) is 4.41. The Hall–Kier alpha value is -0.780. The van der Waals surface area contributed by atoms with E-state index >= 15 is 0 Å². The van der Waals surface area contributed by atoms with E-state index in [9.17, 15) is 18.0 Å². The zero-order valence-electron chi connectivity index (χ0n) is 16.4. The molecule has 160 valence electrons. The van der Waals surface area contributed by atoms with Crippen molar-refractivity contribution in [3.8, 4) is 0 Å². The molecule has 0 aliphatic carbocycles. The summed E-state index contributed by atoms with van der Waals surface area (Å²) in [5.41, 5.74) is 0. The third kappa shape index (κ3) is 11.6. The van der Waals surface area contributed by atoms with Crippen molar-refractivity contribution in [2.45, 2.75) is 51.7 Å². The number of alkyl halides is 3. The van der Waals surface area contributed by atoms with Crippen LogP contribution in [0.4, 0.5) is 13.2 Å². The summed E-state index contributed by atoms with van der Waals surface area (Å²) in [6.07, 6.45) is 0.323. The molecule has 0 aromatic carbocycles. The molecule has 0 bridgehead atoms. The van der Waals surface area contributed by atoms with Crippen LogP contribution in [0.25, 0.3) is 0 Å². The lowest BCUT2D eigenvalue weighted by Gasteiger charge is -2.33. The Labute approximate surface area is 177 Å². The first kappa shape index (κ1) is 26.2. The Morgan fingerprint density at radius 3 is 2.59 bits per heavy atom. The highest BCUT2D eigenvalue weighted by atomic mass is 127. The van der Waals surface area contributed by atoms with Gasteiger partial charge >= 0.3 is 6.18 Å². The van der Waals surface area contributed by atoms with Crippen LogP contribution < -0.4 is 10.6 Å².